The van der Waals surface area contributed by atoms with Crippen LogP contribution >= 0.6 is 0 Å². The van der Waals surface area contributed by atoms with Gasteiger partial charge in [-0.05, 0) is 18.4 Å². The van der Waals surface area contributed by atoms with E-state index in [1.807, 2.05) is 28.0 Å². The van der Waals surface area contributed by atoms with Crippen molar-refractivity contribution in [2.24, 2.45) is 5.73 Å². The Balaban J connectivity index is 1.49. The van der Waals surface area contributed by atoms with Crippen molar-refractivity contribution in [3.63, 3.8) is 0 Å². The third-order valence-electron chi connectivity index (χ3n) is 5.46. The molecule has 136 valence electrons. The lowest BCUT2D eigenvalue weighted by Gasteiger charge is -2.21. The maximum atomic E-state index is 12.5. The van der Waals surface area contributed by atoms with Crippen LogP contribution in [0.25, 0.3) is 0 Å². The minimum Gasteiger partial charge on any atom is -0.343 e. The van der Waals surface area contributed by atoms with Crippen LogP contribution in [0.2, 0.25) is 0 Å². The lowest BCUT2D eigenvalue weighted by molar-refractivity contribution is -0.136. The maximum absolute atomic E-state index is 12.5. The van der Waals surface area contributed by atoms with Crippen LogP contribution in [0, 0.1) is 0 Å². The first-order chi connectivity index (χ1) is 12.1. The summed E-state index contributed by atoms with van der Waals surface area (Å²) in [4.78, 5) is 28.6. The summed E-state index contributed by atoms with van der Waals surface area (Å²) in [7, 11) is 0. The van der Waals surface area contributed by atoms with Gasteiger partial charge in [-0.2, -0.15) is 0 Å². The van der Waals surface area contributed by atoms with Crippen molar-refractivity contribution in [2.45, 2.75) is 50.5 Å². The molecule has 5 nitrogen and oxygen atoms in total. The lowest BCUT2D eigenvalue weighted by atomic mass is 9.95. The molecule has 2 atom stereocenters. The number of likely N-dealkylation sites (tertiary alicyclic amines) is 2. The van der Waals surface area contributed by atoms with E-state index in [2.05, 4.69) is 12.1 Å². The standard InChI is InChI=1S/C20H29N3O2/c21-18-15-23(14-17(18)16-8-4-3-5-9-16)20(25)11-10-19(24)22-12-6-1-2-7-13-22/h3-5,8-9,17-18H,1-2,6-7,10-15,21H2/t17-,18+/m1/s1. The molecule has 2 fully saturated rings. The maximum Gasteiger partial charge on any atom is 0.223 e. The van der Waals surface area contributed by atoms with Gasteiger partial charge >= 0.3 is 0 Å². The summed E-state index contributed by atoms with van der Waals surface area (Å²) in [5, 5.41) is 0. The van der Waals surface area contributed by atoms with E-state index in [-0.39, 0.29) is 23.8 Å². The van der Waals surface area contributed by atoms with E-state index in [0.29, 0.717) is 25.9 Å². The van der Waals surface area contributed by atoms with Crippen LogP contribution in [0.4, 0.5) is 0 Å². The first kappa shape index (κ1) is 17.9. The molecule has 0 radical (unpaired) electrons. The zero-order chi connectivity index (χ0) is 17.6. The normalized spacial score (nSPS) is 24.2. The molecule has 0 aromatic heterocycles. The second-order valence-corrected chi connectivity index (χ2v) is 7.27. The van der Waals surface area contributed by atoms with Crippen LogP contribution in [0.15, 0.2) is 30.3 Å². The molecule has 1 aromatic rings. The molecule has 2 saturated heterocycles. The molecular formula is C20H29N3O2. The Hall–Kier alpha value is -1.88. The predicted octanol–water partition coefficient (Wildman–Crippen LogP) is 2.12. The van der Waals surface area contributed by atoms with Crippen molar-refractivity contribution in [1.29, 1.82) is 0 Å². The molecule has 2 N–H and O–H groups in total. The molecule has 0 spiro atoms. The summed E-state index contributed by atoms with van der Waals surface area (Å²) in [6.07, 6.45) is 5.19. The topological polar surface area (TPSA) is 66.6 Å². The van der Waals surface area contributed by atoms with Crippen molar-refractivity contribution in [3.05, 3.63) is 35.9 Å². The molecule has 2 aliphatic rings. The zero-order valence-electron chi connectivity index (χ0n) is 14.9. The highest BCUT2D eigenvalue weighted by atomic mass is 16.2. The Kier molecular flexibility index (Phi) is 6.08. The largest absolute Gasteiger partial charge is 0.343 e. The second-order valence-electron chi connectivity index (χ2n) is 7.27. The highest BCUT2D eigenvalue weighted by Gasteiger charge is 2.33. The first-order valence-corrected chi connectivity index (χ1v) is 9.51. The van der Waals surface area contributed by atoms with Gasteiger partial charge in [0.2, 0.25) is 11.8 Å². The van der Waals surface area contributed by atoms with Crippen LogP contribution < -0.4 is 5.73 Å². The Bertz CT molecular complexity index is 582. The van der Waals surface area contributed by atoms with Crippen molar-refractivity contribution in [2.75, 3.05) is 26.2 Å². The number of rotatable bonds is 4. The SMILES string of the molecule is N[C@H]1CN(C(=O)CCC(=O)N2CCCCCC2)C[C@@H]1c1ccccc1. The van der Waals surface area contributed by atoms with Crippen molar-refractivity contribution in [1.82, 2.24) is 9.80 Å². The van der Waals surface area contributed by atoms with E-state index in [9.17, 15) is 9.59 Å². The van der Waals surface area contributed by atoms with Crippen LogP contribution in [-0.2, 0) is 9.59 Å². The van der Waals surface area contributed by atoms with E-state index < -0.39 is 0 Å². The first-order valence-electron chi connectivity index (χ1n) is 9.51. The molecule has 2 heterocycles. The van der Waals surface area contributed by atoms with Crippen LogP contribution in [0.1, 0.15) is 50.0 Å². The Morgan fingerprint density at radius 3 is 2.12 bits per heavy atom. The van der Waals surface area contributed by atoms with E-state index >= 15 is 0 Å². The highest BCUT2D eigenvalue weighted by molar-refractivity contribution is 5.84. The summed E-state index contributed by atoms with van der Waals surface area (Å²) in [6.45, 7) is 2.92. The predicted molar refractivity (Wildman–Crippen MR) is 98.0 cm³/mol. The van der Waals surface area contributed by atoms with Gasteiger partial charge in [0, 0.05) is 51.0 Å². The number of carbonyl (C=O) groups is 2. The van der Waals surface area contributed by atoms with Gasteiger partial charge in [0.05, 0.1) is 0 Å². The van der Waals surface area contributed by atoms with E-state index in [1.54, 1.807) is 0 Å². The average molecular weight is 343 g/mol. The summed E-state index contributed by atoms with van der Waals surface area (Å²) < 4.78 is 0. The Labute approximate surface area is 150 Å². The monoisotopic (exact) mass is 343 g/mol. The number of hydrogen-bond acceptors (Lipinski definition) is 3. The molecule has 25 heavy (non-hydrogen) atoms. The van der Waals surface area contributed by atoms with E-state index in [1.165, 1.54) is 18.4 Å². The number of amides is 2. The molecule has 0 saturated carbocycles. The quantitative estimate of drug-likeness (QED) is 0.911. The lowest BCUT2D eigenvalue weighted by Crippen LogP contribution is -2.35. The average Bonchev–Trinajstić information content (AvgIpc) is 2.85. The van der Waals surface area contributed by atoms with Gasteiger partial charge < -0.3 is 15.5 Å². The van der Waals surface area contributed by atoms with Gasteiger partial charge in [-0.3, -0.25) is 9.59 Å². The summed E-state index contributed by atoms with van der Waals surface area (Å²) in [5.41, 5.74) is 7.45. The zero-order valence-corrected chi connectivity index (χ0v) is 14.9. The van der Waals surface area contributed by atoms with Gasteiger partial charge in [0.1, 0.15) is 0 Å². The van der Waals surface area contributed by atoms with Crippen LogP contribution in [0.3, 0.4) is 0 Å². The number of nitrogens with two attached hydrogens (primary N) is 1. The summed E-state index contributed by atoms with van der Waals surface area (Å²) in [6, 6.07) is 10.1. The van der Waals surface area contributed by atoms with Crippen LogP contribution in [-0.4, -0.2) is 53.8 Å². The molecule has 0 aliphatic carbocycles. The molecule has 3 rings (SSSR count). The molecule has 2 amide bonds. The van der Waals surface area contributed by atoms with Crippen LogP contribution in [0.5, 0.6) is 0 Å². The van der Waals surface area contributed by atoms with Gasteiger partial charge in [0.15, 0.2) is 0 Å². The van der Waals surface area contributed by atoms with Gasteiger partial charge in [-0.15, -0.1) is 0 Å². The minimum atomic E-state index is -0.0346. The molecule has 0 bridgehead atoms. The molecular weight excluding hydrogens is 314 g/mol. The van der Waals surface area contributed by atoms with Gasteiger partial charge in [-0.1, -0.05) is 43.2 Å². The number of nitrogens with zero attached hydrogens (tertiary/aromatic N) is 2. The summed E-state index contributed by atoms with van der Waals surface area (Å²) in [5.74, 6) is 0.363. The van der Waals surface area contributed by atoms with Gasteiger partial charge in [-0.25, -0.2) is 0 Å². The van der Waals surface area contributed by atoms with Gasteiger partial charge in [0.25, 0.3) is 0 Å². The molecule has 2 aliphatic heterocycles. The summed E-state index contributed by atoms with van der Waals surface area (Å²) >= 11 is 0. The minimum absolute atomic E-state index is 0.0346. The fourth-order valence-electron chi connectivity index (χ4n) is 3.94. The Morgan fingerprint density at radius 1 is 0.880 bits per heavy atom. The van der Waals surface area contributed by atoms with Crippen molar-refractivity contribution < 1.29 is 9.59 Å². The number of carbonyl (C=O) groups excluding carboxylic acids is 2. The highest BCUT2D eigenvalue weighted by Crippen LogP contribution is 2.27. The fourth-order valence-corrected chi connectivity index (χ4v) is 3.94. The third-order valence-corrected chi connectivity index (χ3v) is 5.46. The molecule has 1 aromatic carbocycles. The van der Waals surface area contributed by atoms with Crippen molar-refractivity contribution in [3.8, 4) is 0 Å². The van der Waals surface area contributed by atoms with E-state index in [0.717, 1.165) is 25.9 Å². The third kappa shape index (κ3) is 4.60. The number of benzene rings is 1. The van der Waals surface area contributed by atoms with E-state index in [4.69, 9.17) is 5.73 Å². The molecule has 5 heteroatoms. The smallest absolute Gasteiger partial charge is 0.223 e. The fraction of sp³-hybridized carbons (Fsp3) is 0.600. The number of hydrogen-bond donors (Lipinski definition) is 1. The van der Waals surface area contributed by atoms with Crippen molar-refractivity contribution >= 4 is 11.8 Å². The Morgan fingerprint density at radius 2 is 1.48 bits per heavy atom. The second kappa shape index (κ2) is 8.48. The molecule has 0 unspecified atom stereocenters.